The molecular formula is C16H36Si2. The molecule has 0 unspecified atom stereocenters. The first-order valence-corrected chi connectivity index (χ1v) is 13.6. The van der Waals surface area contributed by atoms with E-state index < -0.39 is 16.1 Å². The summed E-state index contributed by atoms with van der Waals surface area (Å²) in [5.41, 5.74) is 0. The highest BCUT2D eigenvalue weighted by Gasteiger charge is 2.32. The Morgan fingerprint density at radius 1 is 0.722 bits per heavy atom. The third-order valence-electron chi connectivity index (χ3n) is 5.99. The van der Waals surface area contributed by atoms with Crippen LogP contribution in [-0.2, 0) is 0 Å². The second-order valence-electron chi connectivity index (χ2n) is 6.01. The van der Waals surface area contributed by atoms with Gasteiger partial charge in [-0.05, 0) is 6.42 Å². The Labute approximate surface area is 118 Å². The van der Waals surface area contributed by atoms with Crippen LogP contribution in [-0.4, -0.2) is 16.1 Å². The maximum absolute atomic E-state index is 4.53. The van der Waals surface area contributed by atoms with Crippen LogP contribution in [0.15, 0.2) is 11.8 Å². The van der Waals surface area contributed by atoms with Crippen LogP contribution in [0, 0.1) is 0 Å². The molecular weight excluding hydrogens is 248 g/mol. The maximum atomic E-state index is 4.53. The third kappa shape index (κ3) is 4.09. The molecule has 0 aromatic carbocycles. The molecule has 0 heterocycles. The van der Waals surface area contributed by atoms with Gasteiger partial charge in [0, 0.05) is 0 Å². The Hall–Kier alpha value is 0.174. The number of rotatable bonds is 10. The lowest BCUT2D eigenvalue weighted by Gasteiger charge is -2.34. The van der Waals surface area contributed by atoms with E-state index in [-0.39, 0.29) is 0 Å². The number of hydrogen-bond donors (Lipinski definition) is 0. The van der Waals surface area contributed by atoms with Gasteiger partial charge in [0.1, 0.15) is 0 Å². The molecule has 0 aromatic rings. The SMILES string of the molecule is C=C(CC[Si](CC)(CC)CC)[Si](CC)(CC)CC. The first-order chi connectivity index (χ1) is 8.49. The summed E-state index contributed by atoms with van der Waals surface area (Å²) in [6.45, 7) is 19.0. The Kier molecular flexibility index (Phi) is 8.45. The highest BCUT2D eigenvalue weighted by molar-refractivity contribution is 6.86. The average molecular weight is 285 g/mol. The Morgan fingerprint density at radius 2 is 1.11 bits per heavy atom. The molecule has 0 spiro atoms. The largest absolute Gasteiger partial charge is 0.104 e. The summed E-state index contributed by atoms with van der Waals surface area (Å²) in [6.07, 6.45) is 1.35. The van der Waals surface area contributed by atoms with E-state index >= 15 is 0 Å². The summed E-state index contributed by atoms with van der Waals surface area (Å²) in [4.78, 5) is 0. The van der Waals surface area contributed by atoms with Crippen molar-refractivity contribution in [3.05, 3.63) is 11.8 Å². The number of hydrogen-bond acceptors (Lipinski definition) is 0. The predicted octanol–water partition coefficient (Wildman–Crippen LogP) is 6.49. The normalized spacial score (nSPS) is 12.8. The standard InChI is InChI=1S/C16H36Si2/c1-8-17(9-2,10-3)15-14-16(7)18(11-4,12-5)13-6/h7-15H2,1-6H3. The molecule has 0 fully saturated rings. The van der Waals surface area contributed by atoms with Crippen molar-refractivity contribution in [2.45, 2.75) is 90.3 Å². The van der Waals surface area contributed by atoms with Crippen molar-refractivity contribution in [1.29, 1.82) is 0 Å². The van der Waals surface area contributed by atoms with Crippen molar-refractivity contribution < 1.29 is 0 Å². The first kappa shape index (κ1) is 18.2. The van der Waals surface area contributed by atoms with E-state index in [4.69, 9.17) is 0 Å². The quantitative estimate of drug-likeness (QED) is 0.402. The molecule has 0 amide bonds. The van der Waals surface area contributed by atoms with Crippen molar-refractivity contribution in [3.63, 3.8) is 0 Å². The molecule has 0 atom stereocenters. The van der Waals surface area contributed by atoms with Crippen LogP contribution in [0.25, 0.3) is 0 Å². The zero-order valence-corrected chi connectivity index (χ0v) is 15.9. The third-order valence-corrected chi connectivity index (χ3v) is 17.6. The van der Waals surface area contributed by atoms with Crippen LogP contribution < -0.4 is 0 Å². The molecule has 0 aliphatic rings. The van der Waals surface area contributed by atoms with Gasteiger partial charge >= 0.3 is 0 Å². The molecule has 0 radical (unpaired) electrons. The summed E-state index contributed by atoms with van der Waals surface area (Å²) in [5.74, 6) is 0. The fraction of sp³-hybridized carbons (Fsp3) is 0.875. The summed E-state index contributed by atoms with van der Waals surface area (Å²) < 4.78 is 0. The minimum absolute atomic E-state index is 0.936. The average Bonchev–Trinajstić information content (AvgIpc) is 2.43. The second kappa shape index (κ2) is 8.37. The van der Waals surface area contributed by atoms with E-state index in [2.05, 4.69) is 48.1 Å². The molecule has 0 rings (SSSR count). The molecule has 0 nitrogen and oxygen atoms in total. The van der Waals surface area contributed by atoms with Crippen molar-refractivity contribution in [1.82, 2.24) is 0 Å². The van der Waals surface area contributed by atoms with E-state index in [0.717, 1.165) is 0 Å². The van der Waals surface area contributed by atoms with Crippen LogP contribution in [0.3, 0.4) is 0 Å². The van der Waals surface area contributed by atoms with Gasteiger partial charge in [0.15, 0.2) is 0 Å². The van der Waals surface area contributed by atoms with Gasteiger partial charge in [-0.3, -0.25) is 0 Å². The van der Waals surface area contributed by atoms with Gasteiger partial charge in [0.25, 0.3) is 0 Å². The van der Waals surface area contributed by atoms with Gasteiger partial charge in [0.2, 0.25) is 0 Å². The van der Waals surface area contributed by atoms with Crippen LogP contribution >= 0.6 is 0 Å². The molecule has 0 saturated carbocycles. The van der Waals surface area contributed by atoms with Gasteiger partial charge in [-0.1, -0.05) is 89.0 Å². The molecule has 18 heavy (non-hydrogen) atoms. The van der Waals surface area contributed by atoms with Crippen LogP contribution in [0.1, 0.15) is 48.0 Å². The monoisotopic (exact) mass is 284 g/mol. The molecule has 108 valence electrons. The zero-order chi connectivity index (χ0) is 14.2. The highest BCUT2D eigenvalue weighted by Crippen LogP contribution is 2.34. The summed E-state index contributed by atoms with van der Waals surface area (Å²) in [5, 5.41) is 1.68. The molecule has 2 heteroatoms. The first-order valence-electron chi connectivity index (χ1n) is 8.17. The molecule has 0 N–H and O–H groups in total. The van der Waals surface area contributed by atoms with Gasteiger partial charge < -0.3 is 0 Å². The lowest BCUT2D eigenvalue weighted by molar-refractivity contribution is 1.02. The summed E-state index contributed by atoms with van der Waals surface area (Å²) in [7, 11) is -2.07. The van der Waals surface area contributed by atoms with Gasteiger partial charge in [-0.2, -0.15) is 0 Å². The lowest BCUT2D eigenvalue weighted by atomic mass is 10.5. The molecule has 0 aliphatic carbocycles. The number of allylic oxidation sites excluding steroid dienone is 1. The smallest absolute Gasteiger partial charge is 0.0799 e. The molecule has 0 bridgehead atoms. The van der Waals surface area contributed by atoms with Gasteiger partial charge in [-0.15, -0.1) is 6.58 Å². The topological polar surface area (TPSA) is 0 Å². The fourth-order valence-electron chi connectivity index (χ4n) is 3.46. The van der Waals surface area contributed by atoms with Crippen molar-refractivity contribution >= 4 is 16.1 Å². The summed E-state index contributed by atoms with van der Waals surface area (Å²) >= 11 is 0. The molecule has 0 saturated heterocycles. The van der Waals surface area contributed by atoms with Gasteiger partial charge in [-0.25, -0.2) is 0 Å². The zero-order valence-electron chi connectivity index (χ0n) is 13.9. The van der Waals surface area contributed by atoms with E-state index in [1.807, 2.05) is 0 Å². The van der Waals surface area contributed by atoms with Crippen molar-refractivity contribution in [2.24, 2.45) is 0 Å². The minimum atomic E-state index is -1.13. The van der Waals surface area contributed by atoms with Crippen LogP contribution in [0.5, 0.6) is 0 Å². The molecule has 0 aromatic heterocycles. The maximum Gasteiger partial charge on any atom is 0.0799 e. The van der Waals surface area contributed by atoms with E-state index in [1.165, 1.54) is 48.7 Å². The van der Waals surface area contributed by atoms with Crippen LogP contribution in [0.2, 0.25) is 42.3 Å². The predicted molar refractivity (Wildman–Crippen MR) is 93.0 cm³/mol. The second-order valence-corrected chi connectivity index (χ2v) is 17.0. The van der Waals surface area contributed by atoms with E-state index in [9.17, 15) is 0 Å². The highest BCUT2D eigenvalue weighted by atomic mass is 28.3. The van der Waals surface area contributed by atoms with E-state index in [0.29, 0.717) is 0 Å². The molecule has 0 aliphatic heterocycles. The van der Waals surface area contributed by atoms with Crippen LogP contribution in [0.4, 0.5) is 0 Å². The summed E-state index contributed by atoms with van der Waals surface area (Å²) in [6, 6.07) is 10.1. The Morgan fingerprint density at radius 3 is 1.39 bits per heavy atom. The van der Waals surface area contributed by atoms with Crippen molar-refractivity contribution in [3.8, 4) is 0 Å². The van der Waals surface area contributed by atoms with Gasteiger partial charge in [0.05, 0.1) is 16.1 Å². The minimum Gasteiger partial charge on any atom is -0.104 e. The Bertz CT molecular complexity index is 221. The Balaban J connectivity index is 4.66. The van der Waals surface area contributed by atoms with E-state index in [1.54, 1.807) is 5.20 Å². The fourth-order valence-corrected chi connectivity index (χ4v) is 10.8. The lowest BCUT2D eigenvalue weighted by Crippen LogP contribution is -2.37. The van der Waals surface area contributed by atoms with Crippen molar-refractivity contribution in [2.75, 3.05) is 0 Å².